The number of carboxylic acids is 1. The van der Waals surface area contributed by atoms with Gasteiger partial charge in [-0.05, 0) is 24.3 Å². The van der Waals surface area contributed by atoms with Gasteiger partial charge in [0.2, 0.25) is 0 Å². The number of rotatable bonds is 2. The molecule has 6 nitrogen and oxygen atoms in total. The normalized spacial score (nSPS) is 16.9. The lowest BCUT2D eigenvalue weighted by Crippen LogP contribution is -2.16. The van der Waals surface area contributed by atoms with E-state index in [9.17, 15) is 17.6 Å². The molecule has 0 unspecified atom stereocenters. The number of carbonyl (C=O) groups is 1. The average molecular weight is 271 g/mol. The molecule has 0 radical (unpaired) electrons. The Morgan fingerprint density at radius 1 is 1.28 bits per heavy atom. The summed E-state index contributed by atoms with van der Waals surface area (Å²) >= 11 is 0. The third-order valence-corrected chi connectivity index (χ3v) is 3.15. The van der Waals surface area contributed by atoms with Crippen LogP contribution in [0.15, 0.2) is 40.4 Å². The second-order valence-electron chi connectivity index (χ2n) is 3.29. The molecular weight excluding hydrogens is 265 g/mol. The summed E-state index contributed by atoms with van der Waals surface area (Å²) in [6, 6.07) is 4.55. The van der Waals surface area contributed by atoms with Gasteiger partial charge in [0, 0.05) is 0 Å². The van der Waals surface area contributed by atoms with Crippen LogP contribution in [0.4, 0.5) is 4.39 Å². The van der Waals surface area contributed by atoms with E-state index in [1.807, 2.05) is 0 Å². The standard InChI is InChI=1S/C10H6FNO5S/c11-6-1-3-7(4-2-6)17-10-12-8(9(13)14)5-18(10,15)16/h1-5H,(H,13,14). The lowest BCUT2D eigenvalue weighted by molar-refractivity contribution is -0.132. The van der Waals surface area contributed by atoms with Crippen LogP contribution in [-0.2, 0) is 14.6 Å². The highest BCUT2D eigenvalue weighted by atomic mass is 32.2. The summed E-state index contributed by atoms with van der Waals surface area (Å²) in [5.41, 5.74) is -0.632. The van der Waals surface area contributed by atoms with Crippen molar-refractivity contribution < 1.29 is 27.4 Å². The molecule has 1 aliphatic rings. The monoisotopic (exact) mass is 271 g/mol. The zero-order valence-corrected chi connectivity index (χ0v) is 9.52. The minimum atomic E-state index is -4.00. The van der Waals surface area contributed by atoms with E-state index in [1.54, 1.807) is 0 Å². The van der Waals surface area contributed by atoms with E-state index in [0.29, 0.717) is 5.41 Å². The van der Waals surface area contributed by atoms with Crippen LogP contribution in [0.1, 0.15) is 0 Å². The van der Waals surface area contributed by atoms with Crippen LogP contribution in [0.25, 0.3) is 0 Å². The molecular formula is C10H6FNO5S. The fraction of sp³-hybridized carbons (Fsp3) is 0. The minimum Gasteiger partial charge on any atom is -0.476 e. The highest BCUT2D eigenvalue weighted by molar-refractivity contribution is 8.08. The van der Waals surface area contributed by atoms with E-state index in [0.717, 1.165) is 12.1 Å². The largest absolute Gasteiger partial charge is 0.476 e. The van der Waals surface area contributed by atoms with Crippen LogP contribution in [0, 0.1) is 5.82 Å². The van der Waals surface area contributed by atoms with Gasteiger partial charge in [0.15, 0.2) is 5.70 Å². The van der Waals surface area contributed by atoms with Crippen molar-refractivity contribution in [2.45, 2.75) is 0 Å². The summed E-state index contributed by atoms with van der Waals surface area (Å²) in [5, 5.41) is 8.37. The summed E-state index contributed by atoms with van der Waals surface area (Å²) in [7, 11) is -4.00. The van der Waals surface area contributed by atoms with Crippen molar-refractivity contribution in [3.05, 3.63) is 41.2 Å². The van der Waals surface area contributed by atoms with Crippen LogP contribution in [0.3, 0.4) is 0 Å². The number of nitrogens with zero attached hydrogens (tertiary/aromatic N) is 1. The fourth-order valence-electron chi connectivity index (χ4n) is 1.17. The third kappa shape index (κ3) is 2.38. The number of hydrogen-bond acceptors (Lipinski definition) is 5. The molecule has 1 aliphatic heterocycles. The maximum absolute atomic E-state index is 12.6. The Labute approximate surface area is 101 Å². The summed E-state index contributed by atoms with van der Waals surface area (Å²) in [6.45, 7) is 0. The predicted molar refractivity (Wildman–Crippen MR) is 59.1 cm³/mol. The van der Waals surface area contributed by atoms with Gasteiger partial charge in [0.1, 0.15) is 11.6 Å². The lowest BCUT2D eigenvalue weighted by Gasteiger charge is -2.03. The van der Waals surface area contributed by atoms with Crippen LogP contribution < -0.4 is 4.74 Å². The van der Waals surface area contributed by atoms with E-state index < -0.39 is 32.6 Å². The first kappa shape index (κ1) is 12.2. The lowest BCUT2D eigenvalue weighted by atomic mass is 10.3. The molecule has 1 N–H and O–H groups in total. The number of aliphatic carboxylic acids is 1. The second kappa shape index (κ2) is 4.22. The average Bonchev–Trinajstić information content (AvgIpc) is 2.58. The number of benzene rings is 1. The Kier molecular flexibility index (Phi) is 2.87. The fourth-order valence-corrected chi connectivity index (χ4v) is 2.15. The molecule has 0 spiro atoms. The number of aliphatic imine (C=N–C) groups is 1. The first-order valence-corrected chi connectivity index (χ1v) is 6.15. The van der Waals surface area contributed by atoms with Crippen molar-refractivity contribution in [3.63, 3.8) is 0 Å². The van der Waals surface area contributed by atoms with E-state index >= 15 is 0 Å². The van der Waals surface area contributed by atoms with Gasteiger partial charge in [-0.25, -0.2) is 17.6 Å². The van der Waals surface area contributed by atoms with Crippen LogP contribution in [-0.4, -0.2) is 24.7 Å². The van der Waals surface area contributed by atoms with Crippen molar-refractivity contribution in [2.24, 2.45) is 4.99 Å². The Balaban J connectivity index is 2.28. The summed E-state index contributed by atoms with van der Waals surface area (Å²) in [5.74, 6) is -1.95. The molecule has 0 fully saturated rings. The van der Waals surface area contributed by atoms with Crippen molar-refractivity contribution in [3.8, 4) is 5.75 Å². The quantitative estimate of drug-likeness (QED) is 0.863. The van der Waals surface area contributed by atoms with Gasteiger partial charge in [-0.1, -0.05) is 0 Å². The number of hydrogen-bond donors (Lipinski definition) is 1. The SMILES string of the molecule is O=C(O)C1=CS(=O)(=O)C(Oc2ccc(F)cc2)=N1. The highest BCUT2D eigenvalue weighted by Gasteiger charge is 2.30. The number of carboxylic acid groups (broad SMARTS) is 1. The number of sulfone groups is 1. The molecule has 94 valence electrons. The van der Waals surface area contributed by atoms with Crippen molar-refractivity contribution in [1.29, 1.82) is 0 Å². The second-order valence-corrected chi connectivity index (χ2v) is 4.96. The zero-order valence-electron chi connectivity index (χ0n) is 8.70. The summed E-state index contributed by atoms with van der Waals surface area (Å²) < 4.78 is 40.5. The predicted octanol–water partition coefficient (Wildman–Crippen LogP) is 0.915. The van der Waals surface area contributed by atoms with E-state index in [-0.39, 0.29) is 5.75 Å². The van der Waals surface area contributed by atoms with Crippen molar-refractivity contribution in [2.75, 3.05) is 0 Å². The van der Waals surface area contributed by atoms with Gasteiger partial charge in [0.05, 0.1) is 5.41 Å². The minimum absolute atomic E-state index is 0.0405. The van der Waals surface area contributed by atoms with Gasteiger partial charge in [-0.15, -0.1) is 0 Å². The molecule has 0 amide bonds. The van der Waals surface area contributed by atoms with Crippen LogP contribution in [0.5, 0.6) is 5.75 Å². The van der Waals surface area contributed by atoms with Crippen LogP contribution >= 0.6 is 0 Å². The molecule has 0 saturated carbocycles. The smallest absolute Gasteiger partial charge is 0.355 e. The Morgan fingerprint density at radius 2 is 1.89 bits per heavy atom. The first-order valence-electron chi connectivity index (χ1n) is 4.61. The topological polar surface area (TPSA) is 93.0 Å². The maximum atomic E-state index is 12.6. The molecule has 0 saturated heterocycles. The van der Waals surface area contributed by atoms with Gasteiger partial charge in [-0.3, -0.25) is 0 Å². The van der Waals surface area contributed by atoms with Gasteiger partial charge in [-0.2, -0.15) is 4.99 Å². The number of halogens is 1. The zero-order chi connectivity index (χ0) is 13.3. The van der Waals surface area contributed by atoms with E-state index in [1.165, 1.54) is 12.1 Å². The summed E-state index contributed by atoms with van der Waals surface area (Å²) in [4.78, 5) is 13.9. The Bertz CT molecular complexity index is 660. The molecule has 1 aromatic rings. The van der Waals surface area contributed by atoms with Gasteiger partial charge in [0.25, 0.3) is 9.84 Å². The highest BCUT2D eigenvalue weighted by Crippen LogP contribution is 2.19. The molecule has 1 aromatic carbocycles. The molecule has 2 rings (SSSR count). The molecule has 0 atom stereocenters. The molecule has 1 heterocycles. The Morgan fingerprint density at radius 3 is 2.39 bits per heavy atom. The van der Waals surface area contributed by atoms with Crippen molar-refractivity contribution >= 4 is 21.0 Å². The van der Waals surface area contributed by atoms with E-state index in [4.69, 9.17) is 9.84 Å². The van der Waals surface area contributed by atoms with Gasteiger partial charge >= 0.3 is 11.2 Å². The van der Waals surface area contributed by atoms with Crippen molar-refractivity contribution in [1.82, 2.24) is 0 Å². The van der Waals surface area contributed by atoms with Crippen LogP contribution in [0.2, 0.25) is 0 Å². The van der Waals surface area contributed by atoms with E-state index in [2.05, 4.69) is 4.99 Å². The Hall–Kier alpha value is -2.22. The summed E-state index contributed by atoms with van der Waals surface area (Å²) in [6.07, 6.45) is 0. The molecule has 18 heavy (non-hydrogen) atoms. The first-order chi connectivity index (χ1) is 8.38. The molecule has 0 bridgehead atoms. The van der Waals surface area contributed by atoms with Gasteiger partial charge < -0.3 is 9.84 Å². The number of ether oxygens (including phenoxy) is 1. The molecule has 8 heteroatoms. The maximum Gasteiger partial charge on any atom is 0.355 e. The molecule has 0 aromatic heterocycles. The third-order valence-electron chi connectivity index (χ3n) is 1.96. The molecule has 0 aliphatic carbocycles.